The standard InChI is InChI=1S/C12H9N3O/c13-12(16)9-5-11-14-6-8-3-1-2-4-10(8)15(11)7-9/h1-7H,(H2,13,16). The second-order valence-electron chi connectivity index (χ2n) is 3.64. The number of hydrogen-bond acceptors (Lipinski definition) is 2. The van der Waals surface area contributed by atoms with Gasteiger partial charge in [-0.05, 0) is 12.1 Å². The van der Waals surface area contributed by atoms with Crippen LogP contribution < -0.4 is 5.73 Å². The normalized spacial score (nSPS) is 11.0. The van der Waals surface area contributed by atoms with Gasteiger partial charge in [0.25, 0.3) is 0 Å². The van der Waals surface area contributed by atoms with Crippen LogP contribution in [-0.4, -0.2) is 15.3 Å². The van der Waals surface area contributed by atoms with Gasteiger partial charge in [0.1, 0.15) is 5.65 Å². The third-order valence-corrected chi connectivity index (χ3v) is 2.62. The monoisotopic (exact) mass is 211 g/mol. The zero-order valence-corrected chi connectivity index (χ0v) is 8.42. The summed E-state index contributed by atoms with van der Waals surface area (Å²) in [4.78, 5) is 15.4. The van der Waals surface area contributed by atoms with Crippen LogP contribution in [0, 0.1) is 0 Å². The van der Waals surface area contributed by atoms with Crippen LogP contribution in [-0.2, 0) is 0 Å². The van der Waals surface area contributed by atoms with Crippen molar-refractivity contribution in [3.63, 3.8) is 0 Å². The van der Waals surface area contributed by atoms with Crippen LogP contribution in [0.25, 0.3) is 16.6 Å². The zero-order valence-electron chi connectivity index (χ0n) is 8.42. The Kier molecular flexibility index (Phi) is 1.71. The number of carbonyl (C=O) groups is 1. The van der Waals surface area contributed by atoms with E-state index in [0.29, 0.717) is 5.56 Å². The van der Waals surface area contributed by atoms with Gasteiger partial charge in [0.05, 0.1) is 11.1 Å². The lowest BCUT2D eigenvalue weighted by molar-refractivity contribution is 0.100. The average molecular weight is 211 g/mol. The fraction of sp³-hybridized carbons (Fsp3) is 0. The van der Waals surface area contributed by atoms with Crippen molar-refractivity contribution in [1.82, 2.24) is 9.38 Å². The molecule has 2 N–H and O–H groups in total. The number of nitrogens with zero attached hydrogens (tertiary/aromatic N) is 2. The highest BCUT2D eigenvalue weighted by Crippen LogP contribution is 2.16. The maximum absolute atomic E-state index is 11.1. The van der Waals surface area contributed by atoms with Gasteiger partial charge in [0.15, 0.2) is 0 Å². The molecular formula is C12H9N3O. The molecule has 1 aromatic carbocycles. The predicted octanol–water partition coefficient (Wildman–Crippen LogP) is 1.59. The maximum Gasteiger partial charge on any atom is 0.250 e. The molecule has 0 unspecified atom stereocenters. The van der Waals surface area contributed by atoms with Gasteiger partial charge in [-0.1, -0.05) is 18.2 Å². The number of carbonyl (C=O) groups excluding carboxylic acids is 1. The second-order valence-corrected chi connectivity index (χ2v) is 3.64. The first-order valence-corrected chi connectivity index (χ1v) is 4.91. The number of hydrogen-bond donors (Lipinski definition) is 1. The predicted molar refractivity (Wildman–Crippen MR) is 61.2 cm³/mol. The molecule has 0 aliphatic carbocycles. The number of nitrogens with two attached hydrogens (primary N) is 1. The minimum atomic E-state index is -0.436. The van der Waals surface area contributed by atoms with E-state index in [2.05, 4.69) is 4.98 Å². The molecule has 0 saturated heterocycles. The fourth-order valence-electron chi connectivity index (χ4n) is 1.83. The lowest BCUT2D eigenvalue weighted by Gasteiger charge is -2.00. The minimum Gasteiger partial charge on any atom is -0.366 e. The fourth-order valence-corrected chi connectivity index (χ4v) is 1.83. The molecule has 0 aliphatic rings. The molecule has 0 atom stereocenters. The van der Waals surface area contributed by atoms with Crippen LogP contribution in [0.1, 0.15) is 10.4 Å². The molecule has 78 valence electrons. The number of rotatable bonds is 1. The van der Waals surface area contributed by atoms with Crippen molar-refractivity contribution >= 4 is 22.5 Å². The molecule has 3 aromatic rings. The van der Waals surface area contributed by atoms with Crippen molar-refractivity contribution in [2.45, 2.75) is 0 Å². The van der Waals surface area contributed by atoms with E-state index >= 15 is 0 Å². The van der Waals surface area contributed by atoms with Crippen molar-refractivity contribution in [3.8, 4) is 0 Å². The van der Waals surface area contributed by atoms with E-state index in [9.17, 15) is 4.79 Å². The van der Waals surface area contributed by atoms with E-state index in [0.717, 1.165) is 16.6 Å². The molecule has 1 amide bonds. The minimum absolute atomic E-state index is 0.436. The largest absolute Gasteiger partial charge is 0.366 e. The van der Waals surface area contributed by atoms with Crippen LogP contribution in [0.15, 0.2) is 42.7 Å². The molecule has 4 nitrogen and oxygen atoms in total. The molecule has 0 saturated carbocycles. The summed E-state index contributed by atoms with van der Waals surface area (Å²) in [5, 5.41) is 1.03. The first-order chi connectivity index (χ1) is 7.75. The maximum atomic E-state index is 11.1. The van der Waals surface area contributed by atoms with Crippen molar-refractivity contribution < 1.29 is 4.79 Å². The highest BCUT2D eigenvalue weighted by Gasteiger charge is 2.07. The van der Waals surface area contributed by atoms with Crippen LogP contribution in [0.2, 0.25) is 0 Å². The first kappa shape index (κ1) is 8.91. The number of aromatic nitrogens is 2. The summed E-state index contributed by atoms with van der Waals surface area (Å²) in [6.45, 7) is 0. The molecule has 0 bridgehead atoms. The van der Waals surface area contributed by atoms with Gasteiger partial charge >= 0.3 is 0 Å². The first-order valence-electron chi connectivity index (χ1n) is 4.91. The van der Waals surface area contributed by atoms with Crippen molar-refractivity contribution in [1.29, 1.82) is 0 Å². The average Bonchev–Trinajstić information content (AvgIpc) is 2.73. The Hall–Kier alpha value is -2.36. The summed E-state index contributed by atoms with van der Waals surface area (Å²) in [7, 11) is 0. The summed E-state index contributed by atoms with van der Waals surface area (Å²) in [6.07, 6.45) is 3.50. The molecule has 0 spiro atoms. The third kappa shape index (κ3) is 1.16. The smallest absolute Gasteiger partial charge is 0.250 e. The molecule has 2 aromatic heterocycles. The van der Waals surface area contributed by atoms with Crippen molar-refractivity contribution in [3.05, 3.63) is 48.3 Å². The Morgan fingerprint density at radius 1 is 1.31 bits per heavy atom. The number of primary amides is 1. The molecule has 0 radical (unpaired) electrons. The molecule has 0 aliphatic heterocycles. The second kappa shape index (κ2) is 3.06. The Labute approximate surface area is 91.3 Å². The summed E-state index contributed by atoms with van der Waals surface area (Å²) in [5.74, 6) is -0.436. The lowest BCUT2D eigenvalue weighted by Crippen LogP contribution is -2.09. The topological polar surface area (TPSA) is 60.4 Å². The molecule has 3 rings (SSSR count). The number of para-hydroxylation sites is 1. The van der Waals surface area contributed by atoms with Crippen LogP contribution >= 0.6 is 0 Å². The van der Waals surface area contributed by atoms with E-state index in [-0.39, 0.29) is 0 Å². The Morgan fingerprint density at radius 3 is 2.94 bits per heavy atom. The van der Waals surface area contributed by atoms with Gasteiger partial charge in [0, 0.05) is 17.8 Å². The van der Waals surface area contributed by atoms with E-state index < -0.39 is 5.91 Å². The molecule has 0 fully saturated rings. The Morgan fingerprint density at radius 2 is 2.12 bits per heavy atom. The highest BCUT2D eigenvalue weighted by atomic mass is 16.1. The van der Waals surface area contributed by atoms with E-state index in [1.54, 1.807) is 18.5 Å². The number of benzene rings is 1. The SMILES string of the molecule is NC(=O)c1cc2ncc3ccccc3n2c1. The van der Waals surface area contributed by atoms with Crippen LogP contribution in [0.4, 0.5) is 0 Å². The molecule has 2 heterocycles. The Balaban J connectivity index is 2.46. The molecule has 4 heteroatoms. The van der Waals surface area contributed by atoms with E-state index in [4.69, 9.17) is 5.73 Å². The summed E-state index contributed by atoms with van der Waals surface area (Å²) in [5.41, 5.74) is 7.46. The quantitative estimate of drug-likeness (QED) is 0.664. The van der Waals surface area contributed by atoms with Gasteiger partial charge < -0.3 is 10.1 Å². The van der Waals surface area contributed by atoms with Gasteiger partial charge in [-0.15, -0.1) is 0 Å². The van der Waals surface area contributed by atoms with Crippen LogP contribution in [0.5, 0.6) is 0 Å². The van der Waals surface area contributed by atoms with Crippen molar-refractivity contribution in [2.75, 3.05) is 0 Å². The van der Waals surface area contributed by atoms with Gasteiger partial charge in [-0.2, -0.15) is 0 Å². The van der Waals surface area contributed by atoms with E-state index in [1.807, 2.05) is 28.7 Å². The van der Waals surface area contributed by atoms with Gasteiger partial charge in [-0.3, -0.25) is 4.79 Å². The summed E-state index contributed by atoms with van der Waals surface area (Å²) in [6, 6.07) is 9.55. The lowest BCUT2D eigenvalue weighted by atomic mass is 10.2. The van der Waals surface area contributed by atoms with E-state index in [1.165, 1.54) is 0 Å². The summed E-state index contributed by atoms with van der Waals surface area (Å²) >= 11 is 0. The highest BCUT2D eigenvalue weighted by molar-refractivity contribution is 5.95. The van der Waals surface area contributed by atoms with Gasteiger partial charge in [0.2, 0.25) is 5.91 Å². The third-order valence-electron chi connectivity index (χ3n) is 2.62. The zero-order chi connectivity index (χ0) is 11.1. The van der Waals surface area contributed by atoms with Crippen LogP contribution in [0.3, 0.4) is 0 Å². The molecule has 16 heavy (non-hydrogen) atoms. The van der Waals surface area contributed by atoms with Crippen molar-refractivity contribution in [2.24, 2.45) is 5.73 Å². The summed E-state index contributed by atoms with van der Waals surface area (Å²) < 4.78 is 1.87. The number of fused-ring (bicyclic) bond motifs is 3. The number of amides is 1. The Bertz CT molecular complexity index is 700. The molecular weight excluding hydrogens is 202 g/mol. The van der Waals surface area contributed by atoms with Gasteiger partial charge in [-0.25, -0.2) is 4.98 Å².